The van der Waals surface area contributed by atoms with E-state index in [0.717, 1.165) is 12.3 Å². The molecule has 2 aliphatic rings. The first-order valence-electron chi connectivity index (χ1n) is 4.12. The number of rotatable bonds is 2. The Morgan fingerprint density at radius 2 is 2.30 bits per heavy atom. The molecule has 4 atom stereocenters. The second-order valence-corrected chi connectivity index (χ2v) is 3.67. The van der Waals surface area contributed by atoms with E-state index in [4.69, 9.17) is 0 Å². The highest BCUT2D eigenvalue weighted by molar-refractivity contribution is 5.03. The van der Waals surface area contributed by atoms with E-state index in [1.807, 2.05) is 6.08 Å². The molecule has 2 aliphatic carbocycles. The first kappa shape index (κ1) is 6.41. The normalized spacial score (nSPS) is 50.5. The largest absolute Gasteiger partial charge is 0.393 e. The highest BCUT2D eigenvalue weighted by Gasteiger charge is 2.51. The van der Waals surface area contributed by atoms with Gasteiger partial charge in [-0.3, -0.25) is 0 Å². The van der Waals surface area contributed by atoms with E-state index < -0.39 is 0 Å². The zero-order chi connectivity index (χ0) is 7.14. The Hall–Kier alpha value is -0.300. The van der Waals surface area contributed by atoms with E-state index in [-0.39, 0.29) is 6.10 Å². The molecule has 56 valence electrons. The standard InChI is InChI=1S/C9H14O/c1-2-3-6-4-7-5-8(7)9(6)10/h2,6-10H,1,3-5H2. The average molecular weight is 138 g/mol. The van der Waals surface area contributed by atoms with Crippen molar-refractivity contribution in [3.63, 3.8) is 0 Å². The Bertz CT molecular complexity index is 153. The molecule has 0 saturated heterocycles. The van der Waals surface area contributed by atoms with Crippen LogP contribution in [0.1, 0.15) is 19.3 Å². The van der Waals surface area contributed by atoms with Crippen molar-refractivity contribution in [3.05, 3.63) is 12.7 Å². The fourth-order valence-electron chi connectivity index (χ4n) is 2.29. The van der Waals surface area contributed by atoms with Crippen LogP contribution in [0.4, 0.5) is 0 Å². The van der Waals surface area contributed by atoms with Crippen LogP contribution in [0.3, 0.4) is 0 Å². The van der Waals surface area contributed by atoms with Crippen molar-refractivity contribution >= 4 is 0 Å². The van der Waals surface area contributed by atoms with Crippen molar-refractivity contribution < 1.29 is 5.11 Å². The van der Waals surface area contributed by atoms with Gasteiger partial charge >= 0.3 is 0 Å². The van der Waals surface area contributed by atoms with Gasteiger partial charge in [0.05, 0.1) is 6.10 Å². The Balaban J connectivity index is 1.94. The molecule has 0 aromatic carbocycles. The third-order valence-corrected chi connectivity index (χ3v) is 2.97. The molecule has 0 aliphatic heterocycles. The fourth-order valence-corrected chi connectivity index (χ4v) is 2.29. The van der Waals surface area contributed by atoms with Crippen LogP contribution in [-0.2, 0) is 0 Å². The van der Waals surface area contributed by atoms with Crippen molar-refractivity contribution in [3.8, 4) is 0 Å². The van der Waals surface area contributed by atoms with Crippen LogP contribution in [0.15, 0.2) is 12.7 Å². The molecule has 10 heavy (non-hydrogen) atoms. The number of fused-ring (bicyclic) bond motifs is 1. The summed E-state index contributed by atoms with van der Waals surface area (Å²) in [6, 6.07) is 0. The minimum absolute atomic E-state index is 0.00278. The van der Waals surface area contributed by atoms with E-state index in [1.54, 1.807) is 0 Å². The lowest BCUT2D eigenvalue weighted by atomic mass is 9.97. The van der Waals surface area contributed by atoms with E-state index in [0.29, 0.717) is 11.8 Å². The SMILES string of the molecule is C=CCC1CC2CC2C1O. The van der Waals surface area contributed by atoms with Crippen LogP contribution in [0.5, 0.6) is 0 Å². The lowest BCUT2D eigenvalue weighted by Crippen LogP contribution is -2.16. The van der Waals surface area contributed by atoms with Gasteiger partial charge in [-0.1, -0.05) is 6.08 Å². The topological polar surface area (TPSA) is 20.2 Å². The Kier molecular flexibility index (Phi) is 1.34. The molecule has 1 N–H and O–H groups in total. The molecule has 0 spiro atoms. The van der Waals surface area contributed by atoms with Crippen molar-refractivity contribution in [1.82, 2.24) is 0 Å². The quantitative estimate of drug-likeness (QED) is 0.574. The lowest BCUT2D eigenvalue weighted by molar-refractivity contribution is 0.109. The third-order valence-electron chi connectivity index (χ3n) is 2.97. The number of hydrogen-bond acceptors (Lipinski definition) is 1. The zero-order valence-electron chi connectivity index (χ0n) is 6.16. The molecule has 1 heteroatoms. The van der Waals surface area contributed by atoms with Gasteiger partial charge in [-0.25, -0.2) is 0 Å². The maximum atomic E-state index is 9.58. The van der Waals surface area contributed by atoms with E-state index >= 15 is 0 Å². The Labute approximate surface area is 61.8 Å². The molecule has 2 rings (SSSR count). The van der Waals surface area contributed by atoms with Crippen LogP contribution in [-0.4, -0.2) is 11.2 Å². The molecule has 0 aromatic heterocycles. The minimum atomic E-state index is 0.00278. The van der Waals surface area contributed by atoms with Gasteiger partial charge in [0, 0.05) is 0 Å². The first-order valence-corrected chi connectivity index (χ1v) is 4.12. The van der Waals surface area contributed by atoms with Gasteiger partial charge in [-0.15, -0.1) is 6.58 Å². The summed E-state index contributed by atoms with van der Waals surface area (Å²) in [4.78, 5) is 0. The third kappa shape index (κ3) is 0.807. The summed E-state index contributed by atoms with van der Waals surface area (Å²) in [7, 11) is 0. The summed E-state index contributed by atoms with van der Waals surface area (Å²) in [5.41, 5.74) is 0. The molecule has 2 fully saturated rings. The van der Waals surface area contributed by atoms with Crippen molar-refractivity contribution in [2.75, 3.05) is 0 Å². The van der Waals surface area contributed by atoms with Crippen LogP contribution >= 0.6 is 0 Å². The second-order valence-electron chi connectivity index (χ2n) is 3.67. The Morgan fingerprint density at radius 3 is 2.80 bits per heavy atom. The van der Waals surface area contributed by atoms with Crippen molar-refractivity contribution in [2.45, 2.75) is 25.4 Å². The number of hydrogen-bond donors (Lipinski definition) is 1. The predicted molar refractivity (Wildman–Crippen MR) is 40.5 cm³/mol. The zero-order valence-corrected chi connectivity index (χ0v) is 6.16. The summed E-state index contributed by atoms with van der Waals surface area (Å²) in [6.45, 7) is 3.69. The molecule has 1 nitrogen and oxygen atoms in total. The highest BCUT2D eigenvalue weighted by Crippen LogP contribution is 2.55. The summed E-state index contributed by atoms with van der Waals surface area (Å²) in [6.07, 6.45) is 5.47. The maximum Gasteiger partial charge on any atom is 0.0602 e. The fraction of sp³-hybridized carbons (Fsp3) is 0.778. The van der Waals surface area contributed by atoms with Gasteiger partial charge in [0.2, 0.25) is 0 Å². The monoisotopic (exact) mass is 138 g/mol. The molecule has 0 radical (unpaired) electrons. The van der Waals surface area contributed by atoms with E-state index in [1.165, 1.54) is 12.8 Å². The second kappa shape index (κ2) is 2.09. The molecule has 2 saturated carbocycles. The van der Waals surface area contributed by atoms with Gasteiger partial charge in [0.15, 0.2) is 0 Å². The molecule has 0 bridgehead atoms. The maximum absolute atomic E-state index is 9.58. The van der Waals surface area contributed by atoms with Crippen LogP contribution < -0.4 is 0 Å². The lowest BCUT2D eigenvalue weighted by Gasteiger charge is -2.14. The predicted octanol–water partition coefficient (Wildman–Crippen LogP) is 1.58. The molecular weight excluding hydrogens is 124 g/mol. The highest BCUT2D eigenvalue weighted by atomic mass is 16.3. The number of allylic oxidation sites excluding steroid dienone is 1. The van der Waals surface area contributed by atoms with Crippen molar-refractivity contribution in [1.29, 1.82) is 0 Å². The van der Waals surface area contributed by atoms with Gasteiger partial charge in [-0.2, -0.15) is 0 Å². The number of aliphatic hydroxyl groups excluding tert-OH is 1. The summed E-state index contributed by atoms with van der Waals surface area (Å²) >= 11 is 0. The minimum Gasteiger partial charge on any atom is -0.393 e. The van der Waals surface area contributed by atoms with Crippen LogP contribution in [0, 0.1) is 17.8 Å². The smallest absolute Gasteiger partial charge is 0.0602 e. The molecule has 0 heterocycles. The molecule has 4 unspecified atom stereocenters. The number of aliphatic hydroxyl groups is 1. The van der Waals surface area contributed by atoms with Gasteiger partial charge in [0.1, 0.15) is 0 Å². The first-order chi connectivity index (χ1) is 4.83. The molecule has 0 amide bonds. The average Bonchev–Trinajstić information content (AvgIpc) is 2.60. The van der Waals surface area contributed by atoms with Crippen molar-refractivity contribution in [2.24, 2.45) is 17.8 Å². The van der Waals surface area contributed by atoms with Gasteiger partial charge in [-0.05, 0) is 37.0 Å². The summed E-state index contributed by atoms with van der Waals surface area (Å²) in [5, 5.41) is 9.58. The molecule has 0 aromatic rings. The Morgan fingerprint density at radius 1 is 1.50 bits per heavy atom. The van der Waals surface area contributed by atoms with Crippen LogP contribution in [0.2, 0.25) is 0 Å². The van der Waals surface area contributed by atoms with E-state index in [9.17, 15) is 5.11 Å². The summed E-state index contributed by atoms with van der Waals surface area (Å²) in [5.74, 6) is 2.09. The van der Waals surface area contributed by atoms with E-state index in [2.05, 4.69) is 6.58 Å². The molecular formula is C9H14O. The van der Waals surface area contributed by atoms with Gasteiger partial charge in [0.25, 0.3) is 0 Å². The van der Waals surface area contributed by atoms with Crippen LogP contribution in [0.25, 0.3) is 0 Å². The summed E-state index contributed by atoms with van der Waals surface area (Å²) < 4.78 is 0. The van der Waals surface area contributed by atoms with Gasteiger partial charge < -0.3 is 5.11 Å².